The lowest BCUT2D eigenvalue weighted by Crippen LogP contribution is -2.52. The van der Waals surface area contributed by atoms with Crippen LogP contribution in [0.3, 0.4) is 0 Å². The lowest BCUT2D eigenvalue weighted by Gasteiger charge is -2.56. The van der Waals surface area contributed by atoms with Crippen molar-refractivity contribution >= 4 is 5.78 Å². The first-order valence-corrected chi connectivity index (χ1v) is 8.66. The van der Waals surface area contributed by atoms with Gasteiger partial charge in [-0.15, -0.1) is 0 Å². The second-order valence-electron chi connectivity index (χ2n) is 8.47. The number of rotatable bonds is 0. The fraction of sp³-hybridized carbons (Fsp3) is 0.737. The summed E-state index contributed by atoms with van der Waals surface area (Å²) in [7, 11) is 0. The van der Waals surface area contributed by atoms with E-state index in [1.807, 2.05) is 0 Å². The lowest BCUT2D eigenvalue weighted by molar-refractivity contribution is -0.117. The Bertz CT molecular complexity index is 570. The van der Waals surface area contributed by atoms with Crippen molar-refractivity contribution in [3.63, 3.8) is 0 Å². The minimum atomic E-state index is -0.865. The minimum Gasteiger partial charge on any atom is -0.325 e. The second kappa shape index (κ2) is 4.53. The van der Waals surface area contributed by atoms with Gasteiger partial charge in [0, 0.05) is 12.5 Å². The van der Waals surface area contributed by atoms with Gasteiger partial charge in [0.25, 0.3) is 0 Å². The molecule has 0 saturated heterocycles. The average Bonchev–Trinajstić information content (AvgIpc) is 2.72. The van der Waals surface area contributed by atoms with Gasteiger partial charge >= 0.3 is 0 Å². The van der Waals surface area contributed by atoms with Crippen LogP contribution in [0, 0.1) is 34.5 Å². The Hall–Kier alpha value is -0.960. The van der Waals surface area contributed by atoms with Crippen LogP contribution in [0.15, 0.2) is 24.3 Å². The molecule has 0 heterocycles. The van der Waals surface area contributed by atoms with Crippen LogP contribution in [0.2, 0.25) is 0 Å². The molecule has 0 radical (unpaired) electrons. The summed E-state index contributed by atoms with van der Waals surface area (Å²) >= 11 is 0. The van der Waals surface area contributed by atoms with Gasteiger partial charge in [-0.25, -0.2) is 4.39 Å². The van der Waals surface area contributed by atoms with E-state index in [0.717, 1.165) is 12.8 Å². The molecule has 0 aliphatic heterocycles. The Kier molecular flexibility index (Phi) is 3.01. The predicted molar refractivity (Wildman–Crippen MR) is 84.8 cm³/mol. The largest absolute Gasteiger partial charge is 0.325 e. The summed E-state index contributed by atoms with van der Waals surface area (Å²) in [6.07, 6.45) is 10.9. The minimum absolute atomic E-state index is 0.0488. The molecule has 4 aliphatic rings. The first kappa shape index (κ1) is 14.6. The number of hydrogen-bond donors (Lipinski definition) is 1. The van der Waals surface area contributed by atoms with Crippen LogP contribution >= 0.6 is 0 Å². The van der Waals surface area contributed by atoms with E-state index in [4.69, 9.17) is 5.73 Å². The van der Waals surface area contributed by atoms with Crippen LogP contribution in [0.25, 0.3) is 0 Å². The van der Waals surface area contributed by atoms with Crippen molar-refractivity contribution in [1.82, 2.24) is 0 Å². The number of hydrogen-bond acceptors (Lipinski definition) is 2. The van der Waals surface area contributed by atoms with Gasteiger partial charge in [-0.2, -0.15) is 0 Å². The molecule has 120 valence electrons. The Labute approximate surface area is 132 Å². The molecular formula is C19H26FNO. The third-order valence-corrected chi connectivity index (χ3v) is 7.61. The number of carbonyl (C=O) groups is 1. The number of carbonyl (C=O) groups excluding carboxylic acids is 1. The standard InChI is InChI=1S/C19H26FNO/c1-18-7-5-12(22)9-11(18)3-4-13-14(18)6-8-19(2)15(13)10-16(20)17(19)21/h3-5,7,11,13-17H,6,8-10,21H2,1-2H3/t11?,13-,14+,15+,16-,17+,18+,19+/m1/s1. The van der Waals surface area contributed by atoms with Crippen LogP contribution in [-0.4, -0.2) is 18.0 Å². The fourth-order valence-corrected chi connectivity index (χ4v) is 6.04. The highest BCUT2D eigenvalue weighted by molar-refractivity contribution is 5.91. The maximum absolute atomic E-state index is 14.3. The molecule has 8 atom stereocenters. The lowest BCUT2D eigenvalue weighted by atomic mass is 9.48. The molecule has 0 bridgehead atoms. The van der Waals surface area contributed by atoms with Crippen molar-refractivity contribution in [2.75, 3.05) is 0 Å². The summed E-state index contributed by atoms with van der Waals surface area (Å²) in [5.74, 6) is 1.81. The smallest absolute Gasteiger partial charge is 0.156 e. The highest BCUT2D eigenvalue weighted by Crippen LogP contribution is 2.63. The molecule has 0 spiro atoms. The Morgan fingerprint density at radius 2 is 2.05 bits per heavy atom. The normalized spacial score (nSPS) is 56.5. The van der Waals surface area contributed by atoms with Crippen LogP contribution in [0.1, 0.15) is 39.5 Å². The molecule has 1 unspecified atom stereocenters. The molecule has 4 rings (SSSR count). The highest BCUT2D eigenvalue weighted by Gasteiger charge is 2.60. The van der Waals surface area contributed by atoms with E-state index >= 15 is 0 Å². The molecule has 2 saturated carbocycles. The van der Waals surface area contributed by atoms with Crippen LogP contribution < -0.4 is 5.73 Å². The van der Waals surface area contributed by atoms with Crippen molar-refractivity contribution in [2.24, 2.45) is 40.2 Å². The number of fused-ring (bicyclic) bond motifs is 5. The Morgan fingerprint density at radius 1 is 1.27 bits per heavy atom. The van der Waals surface area contributed by atoms with Crippen molar-refractivity contribution < 1.29 is 9.18 Å². The molecule has 4 aliphatic carbocycles. The first-order chi connectivity index (χ1) is 10.4. The third-order valence-electron chi connectivity index (χ3n) is 7.61. The van der Waals surface area contributed by atoms with E-state index in [-0.39, 0.29) is 22.7 Å². The predicted octanol–water partition coefficient (Wildman–Crippen LogP) is 3.43. The van der Waals surface area contributed by atoms with Gasteiger partial charge in [-0.05, 0) is 59.8 Å². The van der Waals surface area contributed by atoms with Crippen LogP contribution in [-0.2, 0) is 4.79 Å². The van der Waals surface area contributed by atoms with Crippen molar-refractivity contribution in [3.05, 3.63) is 24.3 Å². The van der Waals surface area contributed by atoms with E-state index in [2.05, 4.69) is 32.1 Å². The van der Waals surface area contributed by atoms with Crippen molar-refractivity contribution in [3.8, 4) is 0 Å². The van der Waals surface area contributed by atoms with Crippen LogP contribution in [0.5, 0.6) is 0 Å². The van der Waals surface area contributed by atoms with Gasteiger partial charge in [0.2, 0.25) is 0 Å². The van der Waals surface area contributed by atoms with Crippen molar-refractivity contribution in [1.29, 1.82) is 0 Å². The number of alkyl halides is 1. The molecule has 0 amide bonds. The highest BCUT2D eigenvalue weighted by atomic mass is 19.1. The third kappa shape index (κ3) is 1.72. The first-order valence-electron chi connectivity index (χ1n) is 8.66. The van der Waals surface area contributed by atoms with Crippen LogP contribution in [0.4, 0.5) is 4.39 Å². The molecule has 3 heteroatoms. The second-order valence-corrected chi connectivity index (χ2v) is 8.47. The zero-order chi connectivity index (χ0) is 15.7. The van der Waals surface area contributed by atoms with Gasteiger partial charge in [-0.3, -0.25) is 4.79 Å². The quantitative estimate of drug-likeness (QED) is 0.697. The summed E-state index contributed by atoms with van der Waals surface area (Å²) in [6.45, 7) is 4.49. The zero-order valence-corrected chi connectivity index (χ0v) is 13.5. The number of nitrogens with two attached hydrogens (primary N) is 1. The summed E-state index contributed by atoms with van der Waals surface area (Å²) < 4.78 is 14.3. The maximum Gasteiger partial charge on any atom is 0.156 e. The Balaban J connectivity index is 1.73. The molecule has 2 nitrogen and oxygen atoms in total. The number of halogens is 1. The summed E-state index contributed by atoms with van der Waals surface area (Å²) in [6, 6.07) is -0.319. The molecule has 0 aromatic carbocycles. The van der Waals surface area contributed by atoms with Gasteiger partial charge in [0.15, 0.2) is 5.78 Å². The summed E-state index contributed by atoms with van der Waals surface area (Å²) in [4.78, 5) is 11.8. The molecule has 0 aromatic rings. The van der Waals surface area contributed by atoms with Gasteiger partial charge in [0.05, 0.1) is 0 Å². The number of ketones is 1. The molecule has 2 N–H and O–H groups in total. The number of allylic oxidation sites excluding steroid dienone is 4. The molecule has 0 aromatic heterocycles. The van der Waals surface area contributed by atoms with Gasteiger partial charge < -0.3 is 5.73 Å². The van der Waals surface area contributed by atoms with Gasteiger partial charge in [0.1, 0.15) is 6.17 Å². The van der Waals surface area contributed by atoms with E-state index in [1.165, 1.54) is 0 Å². The molecule has 22 heavy (non-hydrogen) atoms. The SMILES string of the molecule is C[C@]12CC[C@H]3[C@@H](C=CC4CC(=O)C=C[C@@]43C)[C@@H]1C[C@@H](F)[C@@H]2N. The maximum atomic E-state index is 14.3. The topological polar surface area (TPSA) is 43.1 Å². The van der Waals surface area contributed by atoms with E-state index in [0.29, 0.717) is 36.5 Å². The Morgan fingerprint density at radius 3 is 2.82 bits per heavy atom. The fourth-order valence-electron chi connectivity index (χ4n) is 6.04. The average molecular weight is 303 g/mol. The van der Waals surface area contributed by atoms with Gasteiger partial charge in [-0.1, -0.05) is 32.1 Å². The molecule has 2 fully saturated rings. The molecular weight excluding hydrogens is 277 g/mol. The summed E-state index contributed by atoms with van der Waals surface area (Å²) in [5.41, 5.74) is 6.20. The van der Waals surface area contributed by atoms with E-state index in [1.54, 1.807) is 6.08 Å². The van der Waals surface area contributed by atoms with E-state index < -0.39 is 6.17 Å². The zero-order valence-electron chi connectivity index (χ0n) is 13.5. The monoisotopic (exact) mass is 303 g/mol. The van der Waals surface area contributed by atoms with Crippen molar-refractivity contribution in [2.45, 2.75) is 51.7 Å². The van der Waals surface area contributed by atoms with E-state index in [9.17, 15) is 9.18 Å². The summed E-state index contributed by atoms with van der Waals surface area (Å²) in [5, 5.41) is 0.